The van der Waals surface area contributed by atoms with Crippen molar-refractivity contribution in [3.05, 3.63) is 60.7 Å². The molecule has 0 aromatic heterocycles. The van der Waals surface area contributed by atoms with Gasteiger partial charge in [-0.1, -0.05) is 81.4 Å². The molecule has 0 N–H and O–H groups in total. The van der Waals surface area contributed by atoms with Gasteiger partial charge >= 0.3 is 0 Å². The fourth-order valence-corrected chi connectivity index (χ4v) is 7.62. The number of likely N-dealkylation sites (N-methyl/N-ethyl adjacent to an activating group) is 1. The average Bonchev–Trinajstić information content (AvgIpc) is 2.62. The van der Waals surface area contributed by atoms with E-state index in [0.717, 1.165) is 10.4 Å². The van der Waals surface area contributed by atoms with Crippen molar-refractivity contribution >= 4 is 24.6 Å². The lowest BCUT2D eigenvalue weighted by Crippen LogP contribution is -2.67. The fourth-order valence-electron chi connectivity index (χ4n) is 3.12. The zero-order valence-electron chi connectivity index (χ0n) is 15.7. The highest BCUT2D eigenvalue weighted by atomic mass is 28.4. The lowest BCUT2D eigenvalue weighted by atomic mass is 10.2. The van der Waals surface area contributed by atoms with Crippen molar-refractivity contribution in [2.45, 2.75) is 25.8 Å². The standard InChI is InChI=1S/C20H27NO3Si/c1-20(2,3)25(17-12-8-6-9-13-17,18-14-10-7-11-15-18)24-16-19(22)21(4)23-5/h6-15H,16H2,1-5H3. The zero-order valence-corrected chi connectivity index (χ0v) is 16.7. The number of rotatable bonds is 6. The van der Waals surface area contributed by atoms with E-state index in [1.54, 1.807) is 7.05 Å². The Bertz CT molecular complexity index is 644. The Labute approximate surface area is 151 Å². The molecule has 1 amide bonds. The third-order valence-corrected chi connectivity index (χ3v) is 9.44. The van der Waals surface area contributed by atoms with Crippen LogP contribution in [0.4, 0.5) is 0 Å². The predicted molar refractivity (Wildman–Crippen MR) is 103 cm³/mol. The summed E-state index contributed by atoms with van der Waals surface area (Å²) in [7, 11) is 0.393. The molecule has 4 nitrogen and oxygen atoms in total. The molecule has 2 rings (SSSR count). The summed E-state index contributed by atoms with van der Waals surface area (Å²) < 4.78 is 6.52. The first-order valence-corrected chi connectivity index (χ1v) is 10.3. The van der Waals surface area contributed by atoms with Crippen LogP contribution >= 0.6 is 0 Å². The largest absolute Gasteiger partial charge is 0.398 e. The summed E-state index contributed by atoms with van der Waals surface area (Å²) in [5.74, 6) is -0.199. The number of amides is 1. The van der Waals surface area contributed by atoms with Crippen LogP contribution in [0.25, 0.3) is 0 Å². The Kier molecular flexibility index (Phi) is 6.16. The summed E-state index contributed by atoms with van der Waals surface area (Å²) in [5, 5.41) is 3.36. The molecular formula is C20H27NO3Si. The van der Waals surface area contributed by atoms with E-state index in [0.29, 0.717) is 0 Å². The Hall–Kier alpha value is -1.95. The number of hydrogen-bond donors (Lipinski definition) is 0. The Balaban J connectivity index is 2.55. The number of carbonyl (C=O) groups excluding carboxylic acids is 1. The Morgan fingerprint density at radius 1 is 0.960 bits per heavy atom. The minimum Gasteiger partial charge on any atom is -0.398 e. The molecule has 0 atom stereocenters. The van der Waals surface area contributed by atoms with E-state index in [1.165, 1.54) is 12.2 Å². The maximum atomic E-state index is 12.3. The molecule has 0 aliphatic rings. The second-order valence-electron chi connectivity index (χ2n) is 7.03. The summed E-state index contributed by atoms with van der Waals surface area (Å²) in [4.78, 5) is 17.3. The van der Waals surface area contributed by atoms with Gasteiger partial charge in [-0.2, -0.15) is 0 Å². The predicted octanol–water partition coefficient (Wildman–Crippen LogP) is 2.58. The summed E-state index contributed by atoms with van der Waals surface area (Å²) in [6.45, 7) is 6.54. The van der Waals surface area contributed by atoms with Crippen molar-refractivity contribution in [2.24, 2.45) is 0 Å². The molecule has 0 saturated carbocycles. The van der Waals surface area contributed by atoms with E-state index in [-0.39, 0.29) is 17.6 Å². The van der Waals surface area contributed by atoms with E-state index in [9.17, 15) is 4.79 Å². The molecule has 134 valence electrons. The highest BCUT2D eigenvalue weighted by molar-refractivity contribution is 6.99. The monoisotopic (exact) mass is 357 g/mol. The summed E-state index contributed by atoms with van der Waals surface area (Å²) >= 11 is 0. The molecule has 0 bridgehead atoms. The molecule has 0 aliphatic heterocycles. The van der Waals surface area contributed by atoms with Crippen molar-refractivity contribution in [3.63, 3.8) is 0 Å². The quantitative estimate of drug-likeness (QED) is 0.589. The van der Waals surface area contributed by atoms with Gasteiger partial charge in [-0.05, 0) is 15.4 Å². The molecule has 2 aromatic carbocycles. The van der Waals surface area contributed by atoms with E-state index in [1.807, 2.05) is 36.4 Å². The van der Waals surface area contributed by atoms with E-state index >= 15 is 0 Å². The van der Waals surface area contributed by atoms with Crippen LogP contribution in [-0.2, 0) is 14.1 Å². The third kappa shape index (κ3) is 4.00. The minimum absolute atomic E-state index is 0.0162. The maximum absolute atomic E-state index is 12.3. The molecule has 0 spiro atoms. The first kappa shape index (κ1) is 19.4. The van der Waals surface area contributed by atoms with Gasteiger partial charge in [-0.25, -0.2) is 5.06 Å². The lowest BCUT2D eigenvalue weighted by molar-refractivity contribution is -0.171. The van der Waals surface area contributed by atoms with Gasteiger partial charge in [0, 0.05) is 7.05 Å². The van der Waals surface area contributed by atoms with Crippen molar-refractivity contribution in [1.82, 2.24) is 5.06 Å². The van der Waals surface area contributed by atoms with Gasteiger partial charge in [-0.15, -0.1) is 0 Å². The van der Waals surface area contributed by atoms with Gasteiger partial charge in [0.25, 0.3) is 14.2 Å². The van der Waals surface area contributed by atoms with Crippen LogP contribution in [0.5, 0.6) is 0 Å². The van der Waals surface area contributed by atoms with Crippen molar-refractivity contribution < 1.29 is 14.1 Å². The second-order valence-corrected chi connectivity index (χ2v) is 11.3. The number of benzene rings is 2. The smallest absolute Gasteiger partial charge is 0.270 e. The number of hydrogen-bond acceptors (Lipinski definition) is 3. The van der Waals surface area contributed by atoms with Crippen molar-refractivity contribution in [1.29, 1.82) is 0 Å². The van der Waals surface area contributed by atoms with Crippen LogP contribution < -0.4 is 10.4 Å². The van der Waals surface area contributed by atoms with Gasteiger partial charge in [0.15, 0.2) is 0 Å². The molecule has 0 unspecified atom stereocenters. The van der Waals surface area contributed by atoms with Crippen LogP contribution in [0.3, 0.4) is 0 Å². The first-order chi connectivity index (χ1) is 11.8. The van der Waals surface area contributed by atoms with Crippen LogP contribution in [0.1, 0.15) is 20.8 Å². The summed E-state index contributed by atoms with van der Waals surface area (Å²) in [6, 6.07) is 20.5. The molecule has 0 radical (unpaired) electrons. The van der Waals surface area contributed by atoms with Crippen molar-refractivity contribution in [3.8, 4) is 0 Å². The molecule has 0 aliphatic carbocycles. The minimum atomic E-state index is -2.67. The van der Waals surface area contributed by atoms with Crippen LogP contribution in [0.15, 0.2) is 60.7 Å². The number of hydroxylamine groups is 2. The van der Waals surface area contributed by atoms with Crippen LogP contribution in [0.2, 0.25) is 5.04 Å². The van der Waals surface area contributed by atoms with E-state index in [2.05, 4.69) is 45.0 Å². The molecular weight excluding hydrogens is 330 g/mol. The highest BCUT2D eigenvalue weighted by Gasteiger charge is 2.50. The van der Waals surface area contributed by atoms with Gasteiger partial charge in [0.05, 0.1) is 7.11 Å². The second kappa shape index (κ2) is 7.95. The fraction of sp³-hybridized carbons (Fsp3) is 0.350. The topological polar surface area (TPSA) is 38.8 Å². The van der Waals surface area contributed by atoms with Gasteiger partial charge in [-0.3, -0.25) is 9.63 Å². The molecule has 0 heterocycles. The third-order valence-electron chi connectivity index (χ3n) is 4.45. The summed E-state index contributed by atoms with van der Waals surface area (Å²) in [5.41, 5.74) is 0. The number of carbonyl (C=O) groups is 1. The normalized spacial score (nSPS) is 12.0. The Morgan fingerprint density at radius 3 is 1.76 bits per heavy atom. The molecule has 2 aromatic rings. The SMILES string of the molecule is CON(C)C(=O)CO[Si](c1ccccc1)(c1ccccc1)C(C)(C)C. The van der Waals surface area contributed by atoms with Crippen LogP contribution in [-0.4, -0.2) is 40.1 Å². The summed E-state index contributed by atoms with van der Waals surface area (Å²) in [6.07, 6.45) is 0. The van der Waals surface area contributed by atoms with Crippen LogP contribution in [0, 0.1) is 0 Å². The molecule has 0 fully saturated rings. The average molecular weight is 358 g/mol. The van der Waals surface area contributed by atoms with E-state index in [4.69, 9.17) is 9.26 Å². The van der Waals surface area contributed by atoms with Crippen molar-refractivity contribution in [2.75, 3.05) is 20.8 Å². The zero-order chi connectivity index (χ0) is 18.5. The Morgan fingerprint density at radius 2 is 1.40 bits per heavy atom. The molecule has 0 saturated heterocycles. The lowest BCUT2D eigenvalue weighted by Gasteiger charge is -2.43. The first-order valence-electron chi connectivity index (χ1n) is 8.38. The molecule has 5 heteroatoms. The highest BCUT2D eigenvalue weighted by Crippen LogP contribution is 2.36. The van der Waals surface area contributed by atoms with Gasteiger partial charge < -0.3 is 4.43 Å². The van der Waals surface area contributed by atoms with Gasteiger partial charge in [0.2, 0.25) is 0 Å². The molecule has 25 heavy (non-hydrogen) atoms. The van der Waals surface area contributed by atoms with Gasteiger partial charge in [0.1, 0.15) is 6.61 Å². The maximum Gasteiger partial charge on any atom is 0.270 e. The van der Waals surface area contributed by atoms with E-state index < -0.39 is 8.32 Å². The number of nitrogens with zero attached hydrogens (tertiary/aromatic N) is 1.